The maximum atomic E-state index is 12.4. The molecule has 32 heavy (non-hydrogen) atoms. The van der Waals surface area contributed by atoms with Crippen LogP contribution in [-0.2, 0) is 9.53 Å². The second-order valence-electron chi connectivity index (χ2n) is 6.60. The molecule has 0 N–H and O–H groups in total. The first-order valence-corrected chi connectivity index (χ1v) is 10.2. The van der Waals surface area contributed by atoms with Crippen LogP contribution in [0.4, 0.5) is 10.9 Å². The van der Waals surface area contributed by atoms with Crippen molar-refractivity contribution in [3.8, 4) is 17.7 Å². The number of anilines is 1. The van der Waals surface area contributed by atoms with Gasteiger partial charge in [-0.1, -0.05) is 11.3 Å². The number of rotatable bonds is 6. The third-order valence-electron chi connectivity index (χ3n) is 4.67. The smallest absolute Gasteiger partial charge is 0.349 e. The van der Waals surface area contributed by atoms with Crippen LogP contribution in [0.15, 0.2) is 39.4 Å². The Morgan fingerprint density at radius 3 is 2.69 bits per heavy atom. The van der Waals surface area contributed by atoms with Crippen LogP contribution in [0.5, 0.6) is 0 Å². The van der Waals surface area contributed by atoms with Crippen molar-refractivity contribution < 1.29 is 28.1 Å². The van der Waals surface area contributed by atoms with Gasteiger partial charge in [-0.05, 0) is 18.2 Å². The molecule has 4 rings (SSSR count). The first-order valence-electron chi connectivity index (χ1n) is 9.35. The second kappa shape index (κ2) is 8.90. The molecule has 0 atom stereocenters. The van der Waals surface area contributed by atoms with Crippen molar-refractivity contribution >= 4 is 34.1 Å². The lowest BCUT2D eigenvalue weighted by Crippen LogP contribution is -2.50. The molecule has 0 aliphatic carbocycles. The van der Waals surface area contributed by atoms with Gasteiger partial charge in [0.05, 0.1) is 11.2 Å². The van der Waals surface area contributed by atoms with Crippen LogP contribution in [0.25, 0.3) is 11.7 Å². The van der Waals surface area contributed by atoms with Crippen molar-refractivity contribution in [2.24, 2.45) is 0 Å². The van der Waals surface area contributed by atoms with Crippen molar-refractivity contribution in [1.29, 1.82) is 5.26 Å². The number of furan rings is 1. The number of aromatic nitrogens is 1. The lowest BCUT2D eigenvalue weighted by atomic mass is 10.3. The summed E-state index contributed by atoms with van der Waals surface area (Å²) >= 11 is 0.684. The van der Waals surface area contributed by atoms with Gasteiger partial charge < -0.3 is 23.4 Å². The maximum Gasteiger partial charge on any atom is 0.349 e. The minimum absolute atomic E-state index is 0.0519. The summed E-state index contributed by atoms with van der Waals surface area (Å²) in [5.74, 6) is -0.281. The van der Waals surface area contributed by atoms with Crippen LogP contribution >= 0.6 is 11.3 Å². The minimum Gasteiger partial charge on any atom is -0.459 e. The summed E-state index contributed by atoms with van der Waals surface area (Å²) in [4.78, 5) is 42.0. The van der Waals surface area contributed by atoms with Crippen molar-refractivity contribution in [2.45, 2.75) is 0 Å². The monoisotopic (exact) mass is 457 g/mol. The van der Waals surface area contributed by atoms with E-state index in [2.05, 4.69) is 4.98 Å². The van der Waals surface area contributed by atoms with Gasteiger partial charge in [0.15, 0.2) is 12.4 Å². The van der Waals surface area contributed by atoms with Crippen LogP contribution in [0, 0.1) is 21.4 Å². The number of carbonyl (C=O) groups excluding carboxylic acids is 2. The van der Waals surface area contributed by atoms with E-state index in [1.165, 1.54) is 23.3 Å². The fourth-order valence-corrected chi connectivity index (χ4v) is 3.80. The molecule has 1 aliphatic rings. The number of nitrogens with zero attached hydrogens (tertiary/aromatic N) is 5. The summed E-state index contributed by atoms with van der Waals surface area (Å²) in [6.45, 7) is 0.945. The molecule has 13 heteroatoms. The number of oxazole rings is 1. The van der Waals surface area contributed by atoms with E-state index in [0.717, 1.165) is 0 Å². The van der Waals surface area contributed by atoms with E-state index in [1.54, 1.807) is 17.0 Å². The summed E-state index contributed by atoms with van der Waals surface area (Å²) in [6, 6.07) is 7.85. The molecule has 3 aromatic rings. The Bertz CT molecular complexity index is 1190. The molecule has 1 saturated heterocycles. The largest absolute Gasteiger partial charge is 0.459 e. The zero-order valence-corrected chi connectivity index (χ0v) is 17.2. The fourth-order valence-electron chi connectivity index (χ4n) is 3.09. The van der Waals surface area contributed by atoms with Crippen LogP contribution < -0.4 is 4.90 Å². The molecule has 1 aliphatic heterocycles. The lowest BCUT2D eigenvalue weighted by molar-refractivity contribution is -0.380. The first-order chi connectivity index (χ1) is 15.5. The number of piperazine rings is 1. The average Bonchev–Trinajstić information content (AvgIpc) is 3.56. The van der Waals surface area contributed by atoms with Gasteiger partial charge in [0.2, 0.25) is 11.6 Å². The Morgan fingerprint density at radius 1 is 1.28 bits per heavy atom. The Balaban J connectivity index is 1.31. The molecule has 0 unspecified atom stereocenters. The second-order valence-corrected chi connectivity index (χ2v) is 7.66. The number of ether oxygens (including phenoxy) is 1. The van der Waals surface area contributed by atoms with Crippen molar-refractivity contribution in [3.63, 3.8) is 0 Å². The highest BCUT2D eigenvalue weighted by molar-refractivity contribution is 7.17. The van der Waals surface area contributed by atoms with Gasteiger partial charge in [0, 0.05) is 32.2 Å². The molecule has 4 heterocycles. The van der Waals surface area contributed by atoms with Crippen LogP contribution in [0.2, 0.25) is 0 Å². The number of nitro groups is 1. The van der Waals surface area contributed by atoms with E-state index >= 15 is 0 Å². The van der Waals surface area contributed by atoms with E-state index in [1.807, 2.05) is 6.07 Å². The fraction of sp³-hybridized carbons (Fsp3) is 0.263. The zero-order chi connectivity index (χ0) is 22.7. The molecule has 3 aromatic heterocycles. The van der Waals surface area contributed by atoms with Crippen LogP contribution in [0.3, 0.4) is 0 Å². The number of esters is 1. The van der Waals surface area contributed by atoms with Gasteiger partial charge in [-0.25, -0.2) is 4.79 Å². The zero-order valence-electron chi connectivity index (χ0n) is 16.4. The third-order valence-corrected chi connectivity index (χ3v) is 5.68. The molecule has 0 radical (unpaired) electrons. The van der Waals surface area contributed by atoms with Crippen molar-refractivity contribution in [1.82, 2.24) is 9.88 Å². The molecular weight excluding hydrogens is 442 g/mol. The third kappa shape index (κ3) is 4.30. The van der Waals surface area contributed by atoms with Gasteiger partial charge in [-0.2, -0.15) is 10.2 Å². The molecule has 164 valence electrons. The summed E-state index contributed by atoms with van der Waals surface area (Å²) in [5, 5.41) is 19.9. The van der Waals surface area contributed by atoms with Gasteiger partial charge in [0.1, 0.15) is 10.9 Å². The quantitative estimate of drug-likeness (QED) is 0.306. The standard InChI is InChI=1S/C19H15N5O7S/c20-10-12-18(31-17(21-12)13-2-1-9-29-13)23-7-5-22(6-8-23)15(25)11-30-19(26)14-3-4-16(32-14)24(27)28/h1-4,9H,5-8,11H2. The Hall–Kier alpha value is -4.18. The van der Waals surface area contributed by atoms with E-state index in [-0.39, 0.29) is 21.5 Å². The Morgan fingerprint density at radius 2 is 2.06 bits per heavy atom. The predicted octanol–water partition coefficient (Wildman–Crippen LogP) is 2.28. The molecule has 0 bridgehead atoms. The van der Waals surface area contributed by atoms with Gasteiger partial charge >= 0.3 is 11.0 Å². The van der Waals surface area contributed by atoms with E-state index in [9.17, 15) is 25.0 Å². The predicted molar refractivity (Wildman–Crippen MR) is 109 cm³/mol. The molecule has 12 nitrogen and oxygen atoms in total. The highest BCUT2D eigenvalue weighted by Gasteiger charge is 2.28. The summed E-state index contributed by atoms with van der Waals surface area (Å²) < 4.78 is 16.0. The summed E-state index contributed by atoms with van der Waals surface area (Å²) in [7, 11) is 0. The minimum atomic E-state index is -0.791. The number of hydrogen-bond donors (Lipinski definition) is 0. The van der Waals surface area contributed by atoms with E-state index in [4.69, 9.17) is 13.6 Å². The number of carbonyl (C=O) groups is 2. The van der Waals surface area contributed by atoms with E-state index < -0.39 is 23.4 Å². The highest BCUT2D eigenvalue weighted by Crippen LogP contribution is 2.29. The normalized spacial score (nSPS) is 13.6. The van der Waals surface area contributed by atoms with E-state index in [0.29, 0.717) is 49.2 Å². The number of hydrogen-bond acceptors (Lipinski definition) is 11. The molecule has 0 aromatic carbocycles. The molecular formula is C19H15N5O7S. The van der Waals surface area contributed by atoms with Crippen molar-refractivity contribution in [3.05, 3.63) is 51.2 Å². The van der Waals surface area contributed by atoms with Crippen LogP contribution in [-0.4, -0.2) is 59.5 Å². The Labute approximate surface area is 184 Å². The van der Waals surface area contributed by atoms with Crippen molar-refractivity contribution in [2.75, 3.05) is 37.7 Å². The first kappa shape index (κ1) is 21.1. The average molecular weight is 457 g/mol. The molecule has 1 fully saturated rings. The lowest BCUT2D eigenvalue weighted by Gasteiger charge is -2.34. The van der Waals surface area contributed by atoms with Gasteiger partial charge in [-0.15, -0.1) is 0 Å². The number of amides is 1. The SMILES string of the molecule is N#Cc1nc(-c2ccco2)oc1N1CCN(C(=O)COC(=O)c2ccc([N+](=O)[O-])s2)CC1. The highest BCUT2D eigenvalue weighted by atomic mass is 32.1. The number of nitriles is 1. The molecule has 0 saturated carbocycles. The number of thiophene rings is 1. The molecule has 0 spiro atoms. The Kier molecular flexibility index (Phi) is 5.86. The topological polar surface area (TPSA) is 156 Å². The molecule has 1 amide bonds. The van der Waals surface area contributed by atoms with Gasteiger partial charge in [-0.3, -0.25) is 14.9 Å². The van der Waals surface area contributed by atoms with Crippen LogP contribution in [0.1, 0.15) is 15.4 Å². The van der Waals surface area contributed by atoms with Gasteiger partial charge in [0.25, 0.3) is 11.8 Å². The summed E-state index contributed by atoms with van der Waals surface area (Å²) in [5.41, 5.74) is 0.121. The summed E-state index contributed by atoms with van der Waals surface area (Å²) in [6.07, 6.45) is 1.47. The maximum absolute atomic E-state index is 12.4.